The lowest BCUT2D eigenvalue weighted by Crippen LogP contribution is -2.38. The largest absolute Gasteiger partial charge is 0.355 e. The number of primary sulfonamides is 1. The summed E-state index contributed by atoms with van der Waals surface area (Å²) in [5.41, 5.74) is 4.54. The van der Waals surface area contributed by atoms with Crippen LogP contribution in [0.2, 0.25) is 0 Å². The highest BCUT2D eigenvalue weighted by atomic mass is 32.2. The second kappa shape index (κ2) is 7.97. The maximum atomic E-state index is 12.8. The molecule has 0 bridgehead atoms. The molecule has 1 atom stereocenters. The summed E-state index contributed by atoms with van der Waals surface area (Å²) < 4.78 is 23.5. The Labute approximate surface area is 172 Å². The normalized spacial score (nSPS) is 13.8. The van der Waals surface area contributed by atoms with Crippen molar-refractivity contribution in [1.29, 1.82) is 0 Å². The molecule has 5 nitrogen and oxygen atoms in total. The summed E-state index contributed by atoms with van der Waals surface area (Å²) in [7, 11) is -3.84. The van der Waals surface area contributed by atoms with Crippen LogP contribution in [0.3, 0.4) is 0 Å². The molecular weight excluding hydrogens is 384 g/mol. The fourth-order valence-corrected chi connectivity index (χ4v) is 4.31. The Hall–Kier alpha value is -2.70. The third-order valence-electron chi connectivity index (χ3n) is 5.50. The second-order valence-electron chi connectivity index (χ2n) is 7.69. The molecule has 3 N–H and O–H groups in total. The SMILES string of the molecule is Cc1ccc(C(=O)c2[nH]c(CCC(C)(c3ccccc3)S(N)(=O)=O)cc2C)cc1. The summed E-state index contributed by atoms with van der Waals surface area (Å²) in [5.74, 6) is -0.0778. The van der Waals surface area contributed by atoms with Crippen LogP contribution in [-0.2, 0) is 21.2 Å². The van der Waals surface area contributed by atoms with Gasteiger partial charge in [-0.2, -0.15) is 0 Å². The maximum absolute atomic E-state index is 12.8. The van der Waals surface area contributed by atoms with E-state index in [2.05, 4.69) is 4.98 Å². The zero-order valence-electron chi connectivity index (χ0n) is 16.9. The van der Waals surface area contributed by atoms with Gasteiger partial charge >= 0.3 is 0 Å². The first-order chi connectivity index (χ1) is 13.6. The molecule has 0 aliphatic rings. The Kier molecular flexibility index (Phi) is 5.78. The van der Waals surface area contributed by atoms with Gasteiger partial charge in [-0.05, 0) is 50.8 Å². The van der Waals surface area contributed by atoms with Gasteiger partial charge in [0.2, 0.25) is 15.8 Å². The van der Waals surface area contributed by atoms with Gasteiger partial charge in [0.05, 0.1) is 5.69 Å². The van der Waals surface area contributed by atoms with Crippen molar-refractivity contribution in [1.82, 2.24) is 4.98 Å². The van der Waals surface area contributed by atoms with Gasteiger partial charge in [-0.1, -0.05) is 60.2 Å². The van der Waals surface area contributed by atoms with Crippen LogP contribution >= 0.6 is 0 Å². The van der Waals surface area contributed by atoms with E-state index in [1.807, 2.05) is 50.2 Å². The Morgan fingerprint density at radius 3 is 2.24 bits per heavy atom. The van der Waals surface area contributed by atoms with E-state index in [1.165, 1.54) is 0 Å². The van der Waals surface area contributed by atoms with Crippen LogP contribution in [0.5, 0.6) is 0 Å². The molecule has 0 radical (unpaired) electrons. The molecule has 0 saturated carbocycles. The molecule has 0 amide bonds. The van der Waals surface area contributed by atoms with Crippen molar-refractivity contribution in [2.24, 2.45) is 5.14 Å². The van der Waals surface area contributed by atoms with E-state index in [-0.39, 0.29) is 5.78 Å². The standard InChI is InChI=1S/C23H26N2O3S/c1-16-9-11-18(12-10-16)22(26)21-17(2)15-20(25-21)13-14-23(3,29(24,27)28)19-7-5-4-6-8-19/h4-12,15,25H,13-14H2,1-3H3,(H2,24,27,28). The van der Waals surface area contributed by atoms with Crippen molar-refractivity contribution in [3.63, 3.8) is 0 Å². The van der Waals surface area contributed by atoms with E-state index in [9.17, 15) is 13.2 Å². The average Bonchev–Trinajstić information content (AvgIpc) is 3.06. The van der Waals surface area contributed by atoms with Crippen molar-refractivity contribution >= 4 is 15.8 Å². The number of aryl methyl sites for hydroxylation is 3. The Morgan fingerprint density at radius 1 is 1.03 bits per heavy atom. The molecule has 0 saturated heterocycles. The molecule has 1 unspecified atom stereocenters. The highest BCUT2D eigenvalue weighted by Gasteiger charge is 2.38. The van der Waals surface area contributed by atoms with E-state index in [0.717, 1.165) is 16.8 Å². The smallest absolute Gasteiger partial charge is 0.218 e. The summed E-state index contributed by atoms with van der Waals surface area (Å²) in [6.45, 7) is 5.49. The number of aromatic nitrogens is 1. The molecule has 6 heteroatoms. The number of hydrogen-bond donors (Lipinski definition) is 2. The van der Waals surface area contributed by atoms with E-state index < -0.39 is 14.8 Å². The lowest BCUT2D eigenvalue weighted by Gasteiger charge is -2.27. The quantitative estimate of drug-likeness (QED) is 0.577. The van der Waals surface area contributed by atoms with Crippen LogP contribution in [-0.4, -0.2) is 19.2 Å². The van der Waals surface area contributed by atoms with E-state index >= 15 is 0 Å². The van der Waals surface area contributed by atoms with Crippen LogP contribution in [0.15, 0.2) is 60.7 Å². The molecule has 2 aromatic carbocycles. The van der Waals surface area contributed by atoms with E-state index in [4.69, 9.17) is 5.14 Å². The van der Waals surface area contributed by atoms with Gasteiger partial charge in [0.1, 0.15) is 4.75 Å². The first-order valence-electron chi connectivity index (χ1n) is 9.49. The summed E-state index contributed by atoms with van der Waals surface area (Å²) >= 11 is 0. The van der Waals surface area contributed by atoms with Crippen molar-refractivity contribution in [2.75, 3.05) is 0 Å². The van der Waals surface area contributed by atoms with Gasteiger partial charge in [-0.3, -0.25) is 4.79 Å². The predicted molar refractivity (Wildman–Crippen MR) is 115 cm³/mol. The number of sulfonamides is 1. The van der Waals surface area contributed by atoms with Gasteiger partial charge in [-0.25, -0.2) is 13.6 Å². The Morgan fingerprint density at radius 2 is 1.66 bits per heavy atom. The number of carbonyl (C=O) groups is 1. The molecule has 1 aromatic heterocycles. The number of carbonyl (C=O) groups excluding carboxylic acids is 1. The highest BCUT2D eigenvalue weighted by Crippen LogP contribution is 2.33. The minimum atomic E-state index is -3.84. The number of benzene rings is 2. The van der Waals surface area contributed by atoms with E-state index in [1.54, 1.807) is 31.2 Å². The highest BCUT2D eigenvalue weighted by molar-refractivity contribution is 7.90. The third kappa shape index (κ3) is 4.33. The number of aromatic amines is 1. The first kappa shape index (κ1) is 21.0. The zero-order valence-corrected chi connectivity index (χ0v) is 17.7. The molecular formula is C23H26N2O3S. The fourth-order valence-electron chi connectivity index (χ4n) is 3.46. The topological polar surface area (TPSA) is 93.0 Å². The average molecular weight is 411 g/mol. The fraction of sp³-hybridized carbons (Fsp3) is 0.261. The third-order valence-corrected chi connectivity index (χ3v) is 7.19. The van der Waals surface area contributed by atoms with Crippen molar-refractivity contribution in [3.05, 3.63) is 94.3 Å². The summed E-state index contributed by atoms with van der Waals surface area (Å²) in [6.07, 6.45) is 0.748. The van der Waals surface area contributed by atoms with Gasteiger partial charge in [0, 0.05) is 11.3 Å². The van der Waals surface area contributed by atoms with Crippen LogP contribution < -0.4 is 5.14 Å². The summed E-state index contributed by atoms with van der Waals surface area (Å²) in [6, 6.07) is 18.3. The number of H-pyrrole nitrogens is 1. The van der Waals surface area contributed by atoms with Crippen LogP contribution in [0.4, 0.5) is 0 Å². The molecule has 3 aromatic rings. The molecule has 3 rings (SSSR count). The van der Waals surface area contributed by atoms with Crippen LogP contribution in [0.1, 0.15) is 51.8 Å². The van der Waals surface area contributed by atoms with Crippen molar-refractivity contribution < 1.29 is 13.2 Å². The maximum Gasteiger partial charge on any atom is 0.218 e. The van der Waals surface area contributed by atoms with Crippen LogP contribution in [0, 0.1) is 13.8 Å². The molecule has 0 fully saturated rings. The molecule has 152 valence electrons. The number of ketones is 1. The minimum absolute atomic E-state index is 0.0778. The van der Waals surface area contributed by atoms with E-state index in [0.29, 0.717) is 29.7 Å². The molecule has 1 heterocycles. The zero-order chi connectivity index (χ0) is 21.2. The first-order valence-corrected chi connectivity index (χ1v) is 11.0. The van der Waals surface area contributed by atoms with Gasteiger partial charge in [0.15, 0.2) is 0 Å². The number of hydrogen-bond acceptors (Lipinski definition) is 3. The molecule has 0 aliphatic carbocycles. The Bertz CT molecular complexity index is 1120. The monoisotopic (exact) mass is 410 g/mol. The van der Waals surface area contributed by atoms with Crippen molar-refractivity contribution in [3.8, 4) is 0 Å². The van der Waals surface area contributed by atoms with Gasteiger partial charge in [-0.15, -0.1) is 0 Å². The summed E-state index contributed by atoms with van der Waals surface area (Å²) in [4.78, 5) is 16.0. The molecule has 0 spiro atoms. The lowest BCUT2D eigenvalue weighted by atomic mass is 9.94. The van der Waals surface area contributed by atoms with Gasteiger partial charge < -0.3 is 4.98 Å². The predicted octanol–water partition coefficient (Wildman–Crippen LogP) is 4.00. The number of nitrogens with one attached hydrogen (secondary N) is 1. The second-order valence-corrected chi connectivity index (χ2v) is 9.68. The minimum Gasteiger partial charge on any atom is -0.355 e. The summed E-state index contributed by atoms with van der Waals surface area (Å²) in [5, 5.41) is 5.59. The molecule has 0 aliphatic heterocycles. The van der Waals surface area contributed by atoms with Crippen LogP contribution in [0.25, 0.3) is 0 Å². The number of nitrogens with two attached hydrogens (primary N) is 1. The lowest BCUT2D eigenvalue weighted by molar-refractivity contribution is 0.103. The van der Waals surface area contributed by atoms with Gasteiger partial charge in [0.25, 0.3) is 0 Å². The molecule has 29 heavy (non-hydrogen) atoms. The Balaban J connectivity index is 1.85. The number of rotatable bonds is 7. The van der Waals surface area contributed by atoms with Crippen molar-refractivity contribution in [2.45, 2.75) is 38.4 Å².